The van der Waals surface area contributed by atoms with Crippen LogP contribution in [0.1, 0.15) is 57.8 Å². The van der Waals surface area contributed by atoms with E-state index in [1.807, 2.05) is 12.1 Å². The smallest absolute Gasteiger partial charge is 0.406 e. The molecule has 0 saturated heterocycles. The van der Waals surface area contributed by atoms with E-state index in [1.54, 1.807) is 37.1 Å². The standard InChI is InChI=1S/C25H30F3N5O3/c1-4-5-12-35-18-8-6-17(7-9-18)33-21-19(24(10-11-24)22(33)34)13-30-20(31-21)14-36-23(29)32(16(2)3)15-25(26,27)28/h6-9,13,16,29H,4-5,10-12,14-15H2,1-3H3. The molecule has 0 bridgehead atoms. The molecule has 2 aliphatic rings. The number of nitrogens with zero attached hydrogens (tertiary/aromatic N) is 4. The van der Waals surface area contributed by atoms with Gasteiger partial charge in [-0.15, -0.1) is 0 Å². The lowest BCUT2D eigenvalue weighted by atomic mass is 10.0. The first-order valence-corrected chi connectivity index (χ1v) is 12.0. The number of amides is 1. The molecule has 2 heterocycles. The highest BCUT2D eigenvalue weighted by molar-refractivity contribution is 6.13. The van der Waals surface area contributed by atoms with Crippen LogP contribution in [0, 0.1) is 5.41 Å². The molecule has 0 unspecified atom stereocenters. The van der Waals surface area contributed by atoms with E-state index in [9.17, 15) is 18.0 Å². The fourth-order valence-corrected chi connectivity index (χ4v) is 4.18. The fourth-order valence-electron chi connectivity index (χ4n) is 4.18. The Morgan fingerprint density at radius 3 is 2.53 bits per heavy atom. The molecular weight excluding hydrogens is 475 g/mol. The summed E-state index contributed by atoms with van der Waals surface area (Å²) in [6, 6.07) is 6.02. The third kappa shape index (κ3) is 5.24. The number of nitrogens with one attached hydrogen (secondary N) is 1. The van der Waals surface area contributed by atoms with Gasteiger partial charge in [-0.05, 0) is 57.4 Å². The molecule has 1 aromatic carbocycles. The molecule has 1 N–H and O–H groups in total. The predicted octanol–water partition coefficient (Wildman–Crippen LogP) is 5.09. The van der Waals surface area contributed by atoms with Crippen molar-refractivity contribution in [2.75, 3.05) is 18.1 Å². The maximum absolute atomic E-state index is 13.4. The summed E-state index contributed by atoms with van der Waals surface area (Å²) in [6.07, 6.45) is 0.513. The molecule has 1 saturated carbocycles. The van der Waals surface area contributed by atoms with Crippen molar-refractivity contribution in [3.05, 3.63) is 41.9 Å². The van der Waals surface area contributed by atoms with Crippen LogP contribution in [-0.2, 0) is 21.6 Å². The van der Waals surface area contributed by atoms with Crippen molar-refractivity contribution >= 4 is 23.4 Å². The largest absolute Gasteiger partial charge is 0.494 e. The van der Waals surface area contributed by atoms with Crippen LogP contribution in [0.4, 0.5) is 24.7 Å². The Hall–Kier alpha value is -3.37. The van der Waals surface area contributed by atoms with Crippen LogP contribution in [0.5, 0.6) is 5.75 Å². The monoisotopic (exact) mass is 505 g/mol. The highest BCUT2D eigenvalue weighted by Crippen LogP contribution is 2.58. The van der Waals surface area contributed by atoms with Crippen LogP contribution in [-0.4, -0.2) is 52.2 Å². The van der Waals surface area contributed by atoms with Crippen LogP contribution in [0.2, 0.25) is 0 Å². The maximum Gasteiger partial charge on any atom is 0.406 e. The second-order valence-electron chi connectivity index (χ2n) is 9.37. The Morgan fingerprint density at radius 1 is 1.25 bits per heavy atom. The first kappa shape index (κ1) is 25.7. The summed E-state index contributed by atoms with van der Waals surface area (Å²) in [6.45, 7) is 4.21. The summed E-state index contributed by atoms with van der Waals surface area (Å²) < 4.78 is 49.7. The number of unbranched alkanes of at least 4 members (excludes halogenated alkanes) is 1. The molecule has 1 spiro atoms. The average molecular weight is 506 g/mol. The van der Waals surface area contributed by atoms with Crippen LogP contribution in [0.3, 0.4) is 0 Å². The number of hydrogen-bond acceptors (Lipinski definition) is 6. The van der Waals surface area contributed by atoms with Gasteiger partial charge in [-0.25, -0.2) is 9.97 Å². The predicted molar refractivity (Wildman–Crippen MR) is 127 cm³/mol. The van der Waals surface area contributed by atoms with Gasteiger partial charge in [0.05, 0.1) is 17.7 Å². The topological polar surface area (TPSA) is 91.6 Å². The average Bonchev–Trinajstić information content (AvgIpc) is 3.59. The highest BCUT2D eigenvalue weighted by atomic mass is 19.4. The summed E-state index contributed by atoms with van der Waals surface area (Å²) in [5.41, 5.74) is 0.747. The minimum atomic E-state index is -4.47. The second kappa shape index (κ2) is 9.94. The minimum Gasteiger partial charge on any atom is -0.494 e. The molecule has 1 fully saturated rings. The van der Waals surface area contributed by atoms with E-state index in [-0.39, 0.29) is 18.3 Å². The van der Waals surface area contributed by atoms with Gasteiger partial charge in [0.1, 0.15) is 18.1 Å². The van der Waals surface area contributed by atoms with E-state index < -0.39 is 30.2 Å². The van der Waals surface area contributed by atoms with Gasteiger partial charge in [0.2, 0.25) is 5.91 Å². The molecular formula is C25H30F3N5O3. The Bertz CT molecular complexity index is 1120. The van der Waals surface area contributed by atoms with Crippen LogP contribution >= 0.6 is 0 Å². The molecule has 2 aromatic rings. The lowest BCUT2D eigenvalue weighted by Gasteiger charge is -2.28. The molecule has 194 valence electrons. The first-order chi connectivity index (χ1) is 17.1. The Morgan fingerprint density at radius 2 is 1.94 bits per heavy atom. The van der Waals surface area contributed by atoms with E-state index in [4.69, 9.17) is 14.9 Å². The molecule has 11 heteroatoms. The summed E-state index contributed by atoms with van der Waals surface area (Å²) >= 11 is 0. The number of benzene rings is 1. The van der Waals surface area contributed by atoms with Crippen molar-refractivity contribution in [2.24, 2.45) is 0 Å². The number of aromatic nitrogens is 2. The number of alkyl halides is 3. The van der Waals surface area contributed by atoms with E-state index >= 15 is 0 Å². The van der Waals surface area contributed by atoms with E-state index in [0.717, 1.165) is 23.3 Å². The second-order valence-corrected chi connectivity index (χ2v) is 9.37. The summed E-state index contributed by atoms with van der Waals surface area (Å²) in [4.78, 5) is 24.5. The van der Waals surface area contributed by atoms with Gasteiger partial charge in [-0.1, -0.05) is 13.3 Å². The Kier molecular flexibility index (Phi) is 7.10. The van der Waals surface area contributed by atoms with Crippen molar-refractivity contribution in [3.8, 4) is 5.75 Å². The molecule has 8 nitrogen and oxygen atoms in total. The minimum absolute atomic E-state index is 0.0755. The van der Waals surface area contributed by atoms with Gasteiger partial charge in [0.15, 0.2) is 12.4 Å². The lowest BCUT2D eigenvalue weighted by molar-refractivity contribution is -0.142. The summed E-state index contributed by atoms with van der Waals surface area (Å²) in [5.74, 6) is 1.25. The number of hydrogen-bond donors (Lipinski definition) is 1. The van der Waals surface area contributed by atoms with Crippen LogP contribution in [0.15, 0.2) is 30.5 Å². The number of carbonyl (C=O) groups is 1. The van der Waals surface area contributed by atoms with Gasteiger partial charge < -0.3 is 14.4 Å². The van der Waals surface area contributed by atoms with Crippen LogP contribution in [0.25, 0.3) is 0 Å². The normalized spacial score (nSPS) is 15.9. The van der Waals surface area contributed by atoms with Gasteiger partial charge >= 0.3 is 6.18 Å². The number of fused-ring (bicyclic) bond motifs is 2. The third-order valence-corrected chi connectivity index (χ3v) is 6.34. The van der Waals surface area contributed by atoms with E-state index in [1.165, 1.54) is 0 Å². The van der Waals surface area contributed by atoms with Crippen molar-refractivity contribution in [3.63, 3.8) is 0 Å². The number of carbonyl (C=O) groups excluding carboxylic acids is 1. The third-order valence-electron chi connectivity index (χ3n) is 6.34. The van der Waals surface area contributed by atoms with E-state index in [0.29, 0.717) is 36.7 Å². The van der Waals surface area contributed by atoms with E-state index in [2.05, 4.69) is 16.9 Å². The summed E-state index contributed by atoms with van der Waals surface area (Å²) in [7, 11) is 0. The zero-order valence-corrected chi connectivity index (χ0v) is 20.6. The van der Waals surface area contributed by atoms with Gasteiger partial charge in [0, 0.05) is 17.8 Å². The van der Waals surface area contributed by atoms with Crippen molar-refractivity contribution < 1.29 is 27.4 Å². The summed E-state index contributed by atoms with van der Waals surface area (Å²) in [5, 5.41) is 7.99. The van der Waals surface area contributed by atoms with Crippen LogP contribution < -0.4 is 9.64 Å². The van der Waals surface area contributed by atoms with Gasteiger partial charge in [-0.2, -0.15) is 13.2 Å². The zero-order valence-electron chi connectivity index (χ0n) is 20.6. The molecule has 1 aliphatic heterocycles. The molecule has 4 rings (SSSR count). The van der Waals surface area contributed by atoms with Crippen molar-refractivity contribution in [1.29, 1.82) is 5.41 Å². The fraction of sp³-hybridized carbons (Fsp3) is 0.520. The molecule has 1 aliphatic carbocycles. The Balaban J connectivity index is 1.52. The lowest BCUT2D eigenvalue weighted by Crippen LogP contribution is -2.43. The molecule has 0 radical (unpaired) electrons. The Labute approximate surface area is 207 Å². The number of rotatable bonds is 9. The van der Waals surface area contributed by atoms with Crippen molar-refractivity contribution in [1.82, 2.24) is 14.9 Å². The number of amidine groups is 1. The molecule has 1 amide bonds. The maximum atomic E-state index is 13.4. The van der Waals surface area contributed by atoms with Crippen molar-refractivity contribution in [2.45, 2.75) is 70.7 Å². The highest BCUT2D eigenvalue weighted by Gasteiger charge is 2.60. The molecule has 36 heavy (non-hydrogen) atoms. The number of anilines is 2. The zero-order chi connectivity index (χ0) is 26.1. The molecule has 0 atom stereocenters. The SMILES string of the molecule is CCCCOc1ccc(N2C(=O)C3(CC3)c3cnc(COC(=N)N(CC(F)(F)F)C(C)C)nc32)cc1. The molecule has 1 aromatic heterocycles. The number of halogens is 3. The quantitative estimate of drug-likeness (QED) is 0.290. The number of ether oxygens (including phenoxy) is 2. The van der Waals surface area contributed by atoms with Gasteiger partial charge in [-0.3, -0.25) is 15.1 Å². The van der Waals surface area contributed by atoms with Gasteiger partial charge in [0.25, 0.3) is 6.02 Å². The first-order valence-electron chi connectivity index (χ1n) is 12.0.